The molecule has 0 N–H and O–H groups in total. The molecule has 0 atom stereocenters. The maximum atomic E-state index is 13.0. The average molecular weight is 366 g/mol. The number of ketones is 1. The lowest BCUT2D eigenvalue weighted by atomic mass is 10.0. The van der Waals surface area contributed by atoms with Crippen molar-refractivity contribution < 1.29 is 32.2 Å². The molecule has 0 saturated heterocycles. The van der Waals surface area contributed by atoms with Gasteiger partial charge in [0.1, 0.15) is 0 Å². The van der Waals surface area contributed by atoms with Crippen LogP contribution in [0.2, 0.25) is 0 Å². The Balaban J connectivity index is 2.42. The van der Waals surface area contributed by atoms with Gasteiger partial charge in [0.2, 0.25) is 5.75 Å². The summed E-state index contributed by atoms with van der Waals surface area (Å²) in [6.07, 6.45) is -2.32. The first kappa shape index (κ1) is 19.4. The summed E-state index contributed by atoms with van der Waals surface area (Å²) in [7, 11) is 4.19. The lowest BCUT2D eigenvalue weighted by molar-refractivity contribution is -0.137. The van der Waals surface area contributed by atoms with E-state index in [0.717, 1.165) is 18.2 Å². The van der Waals surface area contributed by atoms with E-state index in [4.69, 9.17) is 14.2 Å². The molecule has 0 fully saturated rings. The van der Waals surface area contributed by atoms with Gasteiger partial charge in [-0.05, 0) is 29.8 Å². The highest BCUT2D eigenvalue weighted by Crippen LogP contribution is 2.40. The fraction of sp³-hybridized carbons (Fsp3) is 0.211. The van der Waals surface area contributed by atoms with Crippen LogP contribution in [0, 0.1) is 0 Å². The minimum atomic E-state index is -4.51. The van der Waals surface area contributed by atoms with Crippen molar-refractivity contribution in [3.05, 3.63) is 59.2 Å². The first-order valence-electron chi connectivity index (χ1n) is 7.51. The van der Waals surface area contributed by atoms with Crippen molar-refractivity contribution >= 4 is 11.9 Å². The Bertz CT molecular complexity index is 826. The Morgan fingerprint density at radius 2 is 1.58 bits per heavy atom. The fourth-order valence-corrected chi connectivity index (χ4v) is 2.45. The smallest absolute Gasteiger partial charge is 0.416 e. The van der Waals surface area contributed by atoms with Crippen molar-refractivity contribution in [1.29, 1.82) is 0 Å². The number of halogens is 3. The third-order valence-corrected chi connectivity index (χ3v) is 3.65. The topological polar surface area (TPSA) is 44.8 Å². The molecule has 0 radical (unpaired) electrons. The van der Waals surface area contributed by atoms with E-state index >= 15 is 0 Å². The van der Waals surface area contributed by atoms with E-state index < -0.39 is 17.5 Å². The molecule has 0 aliphatic heterocycles. The van der Waals surface area contributed by atoms with Gasteiger partial charge >= 0.3 is 6.18 Å². The second-order valence-electron chi connectivity index (χ2n) is 5.16. The molecule has 2 aromatic carbocycles. The standard InChI is InChI=1S/C19H17F3O4/c1-24-16-11-9-13(17(25-2)18(16)26-3)15(23)10-8-12-6-4-5-7-14(12)19(20,21)22/h4-11H,1-3H3. The van der Waals surface area contributed by atoms with Crippen LogP contribution in [0.3, 0.4) is 0 Å². The van der Waals surface area contributed by atoms with Gasteiger partial charge in [-0.1, -0.05) is 24.3 Å². The Labute approximate surface area is 148 Å². The van der Waals surface area contributed by atoms with Crippen LogP contribution in [0.1, 0.15) is 21.5 Å². The van der Waals surface area contributed by atoms with E-state index in [1.54, 1.807) is 0 Å². The van der Waals surface area contributed by atoms with Gasteiger partial charge in [-0.15, -0.1) is 0 Å². The van der Waals surface area contributed by atoms with E-state index in [1.165, 1.54) is 51.7 Å². The third kappa shape index (κ3) is 3.99. The molecule has 138 valence electrons. The SMILES string of the molecule is COc1ccc(C(=O)C=Cc2ccccc2C(F)(F)F)c(OC)c1OC. The van der Waals surface area contributed by atoms with E-state index in [0.29, 0.717) is 5.75 Å². The second-order valence-corrected chi connectivity index (χ2v) is 5.16. The molecule has 0 heterocycles. The molecule has 2 rings (SSSR count). The number of hydrogen-bond acceptors (Lipinski definition) is 4. The van der Waals surface area contributed by atoms with Crippen LogP contribution >= 0.6 is 0 Å². The first-order valence-corrected chi connectivity index (χ1v) is 7.51. The predicted octanol–water partition coefficient (Wildman–Crippen LogP) is 4.63. The highest BCUT2D eigenvalue weighted by molar-refractivity contribution is 6.09. The Morgan fingerprint density at radius 3 is 2.15 bits per heavy atom. The number of benzene rings is 2. The molecule has 7 heteroatoms. The first-order chi connectivity index (χ1) is 12.3. The van der Waals surface area contributed by atoms with E-state index in [1.807, 2.05) is 0 Å². The van der Waals surface area contributed by atoms with Crippen LogP contribution in [-0.4, -0.2) is 27.1 Å². The van der Waals surface area contributed by atoms with Gasteiger partial charge in [0.15, 0.2) is 17.3 Å². The minimum absolute atomic E-state index is 0.104. The summed E-state index contributed by atoms with van der Waals surface area (Å²) in [4.78, 5) is 12.5. The van der Waals surface area contributed by atoms with Crippen LogP contribution in [-0.2, 0) is 6.18 Å². The molecule has 0 aliphatic rings. The summed E-state index contributed by atoms with van der Waals surface area (Å²) in [5.41, 5.74) is -0.776. The summed E-state index contributed by atoms with van der Waals surface area (Å²) in [5.74, 6) is 0.211. The van der Waals surface area contributed by atoms with Gasteiger partial charge in [0.05, 0.1) is 32.5 Å². The van der Waals surface area contributed by atoms with Crippen molar-refractivity contribution in [2.24, 2.45) is 0 Å². The van der Waals surface area contributed by atoms with E-state index in [2.05, 4.69) is 0 Å². The van der Waals surface area contributed by atoms with Crippen molar-refractivity contribution in [1.82, 2.24) is 0 Å². The number of methoxy groups -OCH3 is 3. The maximum absolute atomic E-state index is 13.0. The molecule has 0 unspecified atom stereocenters. The fourth-order valence-electron chi connectivity index (χ4n) is 2.45. The number of carbonyl (C=O) groups is 1. The van der Waals surface area contributed by atoms with Gasteiger partial charge in [-0.25, -0.2) is 0 Å². The lowest BCUT2D eigenvalue weighted by Crippen LogP contribution is -2.07. The van der Waals surface area contributed by atoms with Crippen LogP contribution < -0.4 is 14.2 Å². The zero-order valence-corrected chi connectivity index (χ0v) is 14.4. The molecule has 0 spiro atoms. The summed E-state index contributed by atoms with van der Waals surface area (Å²) in [6, 6.07) is 7.99. The summed E-state index contributed by atoms with van der Waals surface area (Å²) >= 11 is 0. The van der Waals surface area contributed by atoms with Crippen molar-refractivity contribution in [2.45, 2.75) is 6.18 Å². The number of alkyl halides is 3. The predicted molar refractivity (Wildman–Crippen MR) is 90.9 cm³/mol. The normalized spacial score (nSPS) is 11.5. The van der Waals surface area contributed by atoms with Crippen LogP contribution in [0.5, 0.6) is 17.2 Å². The zero-order chi connectivity index (χ0) is 19.3. The molecule has 26 heavy (non-hydrogen) atoms. The molecular weight excluding hydrogens is 349 g/mol. The van der Waals surface area contributed by atoms with Crippen molar-refractivity contribution in [3.8, 4) is 17.2 Å². The largest absolute Gasteiger partial charge is 0.493 e. The molecule has 4 nitrogen and oxygen atoms in total. The van der Waals surface area contributed by atoms with Gasteiger partial charge in [0, 0.05) is 0 Å². The van der Waals surface area contributed by atoms with Crippen molar-refractivity contribution in [2.75, 3.05) is 21.3 Å². The van der Waals surface area contributed by atoms with Gasteiger partial charge in [-0.3, -0.25) is 4.79 Å². The summed E-state index contributed by atoms with van der Waals surface area (Å²) in [6.45, 7) is 0. The monoisotopic (exact) mass is 366 g/mol. The highest BCUT2D eigenvalue weighted by atomic mass is 19.4. The molecule has 0 bridgehead atoms. The second kappa shape index (κ2) is 7.95. The van der Waals surface area contributed by atoms with Gasteiger partial charge in [0.25, 0.3) is 0 Å². The number of rotatable bonds is 6. The highest BCUT2D eigenvalue weighted by Gasteiger charge is 2.32. The molecule has 0 saturated carbocycles. The quantitative estimate of drug-likeness (QED) is 0.552. The van der Waals surface area contributed by atoms with Crippen LogP contribution in [0.25, 0.3) is 6.08 Å². The number of carbonyl (C=O) groups excluding carboxylic acids is 1. The average Bonchev–Trinajstić information content (AvgIpc) is 2.64. The number of hydrogen-bond donors (Lipinski definition) is 0. The minimum Gasteiger partial charge on any atom is -0.493 e. The van der Waals surface area contributed by atoms with E-state index in [9.17, 15) is 18.0 Å². The lowest BCUT2D eigenvalue weighted by Gasteiger charge is -2.14. The third-order valence-electron chi connectivity index (χ3n) is 3.65. The zero-order valence-electron chi connectivity index (χ0n) is 14.4. The molecule has 2 aromatic rings. The molecular formula is C19H17F3O4. The maximum Gasteiger partial charge on any atom is 0.416 e. The Morgan fingerprint density at radius 1 is 0.923 bits per heavy atom. The summed E-state index contributed by atoms with van der Waals surface area (Å²) < 4.78 is 54.6. The van der Waals surface area contributed by atoms with Crippen LogP contribution in [0.15, 0.2) is 42.5 Å². The van der Waals surface area contributed by atoms with Crippen molar-refractivity contribution in [3.63, 3.8) is 0 Å². The number of ether oxygens (including phenoxy) is 3. The Kier molecular flexibility index (Phi) is 5.92. The summed E-state index contributed by atoms with van der Waals surface area (Å²) in [5, 5.41) is 0. The molecule has 0 aromatic heterocycles. The molecule has 0 amide bonds. The number of allylic oxidation sites excluding steroid dienone is 1. The van der Waals surface area contributed by atoms with Gasteiger partial charge in [-0.2, -0.15) is 13.2 Å². The molecule has 0 aliphatic carbocycles. The van der Waals surface area contributed by atoms with Crippen LogP contribution in [0.4, 0.5) is 13.2 Å². The van der Waals surface area contributed by atoms with E-state index in [-0.39, 0.29) is 22.6 Å². The van der Waals surface area contributed by atoms with Gasteiger partial charge < -0.3 is 14.2 Å². The Hall–Kier alpha value is -2.96.